The first-order chi connectivity index (χ1) is 9.80. The molecule has 21 heavy (non-hydrogen) atoms. The van der Waals surface area contributed by atoms with E-state index in [0.29, 0.717) is 18.4 Å². The molecule has 1 aliphatic heterocycles. The van der Waals surface area contributed by atoms with Crippen LogP contribution in [0.2, 0.25) is 0 Å². The van der Waals surface area contributed by atoms with Crippen LogP contribution in [0.15, 0.2) is 18.2 Å². The number of nitrogens with one attached hydrogen (secondary N) is 1. The molecule has 0 unspecified atom stereocenters. The summed E-state index contributed by atoms with van der Waals surface area (Å²) in [6.45, 7) is 1.45. The quantitative estimate of drug-likeness (QED) is 0.911. The van der Waals surface area contributed by atoms with Crippen molar-refractivity contribution in [2.24, 2.45) is 0 Å². The fourth-order valence-corrected chi connectivity index (χ4v) is 2.68. The highest BCUT2D eigenvalue weighted by Gasteiger charge is 2.36. The molecule has 1 N–H and O–H groups in total. The van der Waals surface area contributed by atoms with Gasteiger partial charge in [0.05, 0.1) is 5.56 Å². The van der Waals surface area contributed by atoms with Crippen molar-refractivity contribution >= 4 is 5.91 Å². The molecule has 0 aromatic heterocycles. The summed E-state index contributed by atoms with van der Waals surface area (Å²) in [5.74, 6) is -0.524. The fraction of sp³-hybridized carbons (Fsp3) is 0.533. The Morgan fingerprint density at radius 3 is 2.38 bits per heavy atom. The first-order valence-corrected chi connectivity index (χ1v) is 6.94. The van der Waals surface area contributed by atoms with Crippen LogP contribution in [0.5, 0.6) is 0 Å². The van der Waals surface area contributed by atoms with Gasteiger partial charge in [0.1, 0.15) is 0 Å². The largest absolute Gasteiger partial charge is 0.416 e. The number of carbonyl (C=O) groups is 1. The molecule has 1 aliphatic rings. The van der Waals surface area contributed by atoms with Gasteiger partial charge in [-0.3, -0.25) is 4.79 Å². The average molecular weight is 300 g/mol. The van der Waals surface area contributed by atoms with Crippen LogP contribution in [0.1, 0.15) is 40.2 Å². The van der Waals surface area contributed by atoms with E-state index in [9.17, 15) is 18.0 Å². The predicted molar refractivity (Wildman–Crippen MR) is 74.3 cm³/mol. The summed E-state index contributed by atoms with van der Waals surface area (Å²) >= 11 is 0. The summed E-state index contributed by atoms with van der Waals surface area (Å²) in [6, 6.07) is 3.95. The Labute approximate surface area is 122 Å². The first-order valence-electron chi connectivity index (χ1n) is 6.94. The van der Waals surface area contributed by atoms with Gasteiger partial charge in [-0.2, -0.15) is 13.2 Å². The third-order valence-electron chi connectivity index (χ3n) is 3.79. The third kappa shape index (κ3) is 3.56. The van der Waals surface area contributed by atoms with Gasteiger partial charge in [0.15, 0.2) is 0 Å². The highest BCUT2D eigenvalue weighted by atomic mass is 19.4. The van der Waals surface area contributed by atoms with E-state index < -0.39 is 17.6 Å². The number of piperidine rings is 1. The summed E-state index contributed by atoms with van der Waals surface area (Å²) < 4.78 is 39.9. The Morgan fingerprint density at radius 1 is 1.24 bits per heavy atom. The zero-order valence-corrected chi connectivity index (χ0v) is 12.1. The van der Waals surface area contributed by atoms with Crippen LogP contribution in [0.25, 0.3) is 0 Å². The molecule has 6 heteroatoms. The Bertz CT molecular complexity index is 520. The molecule has 0 radical (unpaired) electrons. The number of carbonyl (C=O) groups excluding carboxylic acids is 1. The van der Waals surface area contributed by atoms with Crippen LogP contribution in [0, 0.1) is 0 Å². The van der Waals surface area contributed by atoms with E-state index in [-0.39, 0.29) is 11.5 Å². The van der Waals surface area contributed by atoms with Crippen LogP contribution in [-0.4, -0.2) is 38.0 Å². The van der Waals surface area contributed by atoms with E-state index in [2.05, 4.69) is 5.32 Å². The zero-order chi connectivity index (χ0) is 15.6. The molecule has 116 valence electrons. The maximum atomic E-state index is 13.3. The molecule has 2 rings (SSSR count). The molecule has 1 fully saturated rings. The standard InChI is InChI=1S/C15H19F3N2O/c1-20(2)14(21)11-3-4-12(10-5-7-19-8-6-10)13(9-11)15(16,17)18/h3-4,9-10,19H,5-8H2,1-2H3. The molecule has 1 aromatic carbocycles. The van der Waals surface area contributed by atoms with Gasteiger partial charge < -0.3 is 10.2 Å². The summed E-state index contributed by atoms with van der Waals surface area (Å²) in [5.41, 5.74) is -0.300. The molecular formula is C15H19F3N2O. The van der Waals surface area contributed by atoms with Gasteiger partial charge in [-0.1, -0.05) is 6.07 Å². The van der Waals surface area contributed by atoms with Crippen molar-refractivity contribution in [3.8, 4) is 0 Å². The smallest absolute Gasteiger partial charge is 0.345 e. The van der Waals surface area contributed by atoms with Gasteiger partial charge in [-0.05, 0) is 49.5 Å². The minimum Gasteiger partial charge on any atom is -0.345 e. The zero-order valence-electron chi connectivity index (χ0n) is 12.1. The number of benzene rings is 1. The summed E-state index contributed by atoms with van der Waals surface area (Å²) in [7, 11) is 3.05. The first kappa shape index (κ1) is 15.8. The molecular weight excluding hydrogens is 281 g/mol. The maximum absolute atomic E-state index is 13.3. The van der Waals surface area contributed by atoms with Gasteiger partial charge >= 0.3 is 6.18 Å². The average Bonchev–Trinajstić information content (AvgIpc) is 2.45. The van der Waals surface area contributed by atoms with Crippen LogP contribution in [0.4, 0.5) is 13.2 Å². The van der Waals surface area contributed by atoms with Crippen molar-refractivity contribution in [3.05, 3.63) is 34.9 Å². The molecule has 1 aromatic rings. The van der Waals surface area contributed by atoms with Crippen molar-refractivity contribution in [3.63, 3.8) is 0 Å². The monoisotopic (exact) mass is 300 g/mol. The van der Waals surface area contributed by atoms with E-state index in [0.717, 1.165) is 19.2 Å². The van der Waals surface area contributed by atoms with Gasteiger partial charge in [0.2, 0.25) is 0 Å². The lowest BCUT2D eigenvalue weighted by Crippen LogP contribution is -2.28. The molecule has 0 saturated carbocycles. The Hall–Kier alpha value is -1.56. The second-order valence-corrected chi connectivity index (χ2v) is 5.52. The number of hydrogen-bond donors (Lipinski definition) is 1. The number of alkyl halides is 3. The number of hydrogen-bond acceptors (Lipinski definition) is 2. The second kappa shape index (κ2) is 6.05. The van der Waals surface area contributed by atoms with E-state index in [1.54, 1.807) is 0 Å². The molecule has 1 amide bonds. The van der Waals surface area contributed by atoms with Crippen molar-refractivity contribution in [1.82, 2.24) is 10.2 Å². The van der Waals surface area contributed by atoms with E-state index in [4.69, 9.17) is 0 Å². The van der Waals surface area contributed by atoms with Crippen LogP contribution in [0.3, 0.4) is 0 Å². The number of halogens is 3. The van der Waals surface area contributed by atoms with Gasteiger partial charge in [0.25, 0.3) is 5.91 Å². The third-order valence-corrected chi connectivity index (χ3v) is 3.79. The maximum Gasteiger partial charge on any atom is 0.416 e. The molecule has 3 nitrogen and oxygen atoms in total. The van der Waals surface area contributed by atoms with Crippen LogP contribution >= 0.6 is 0 Å². The molecule has 0 atom stereocenters. The molecule has 1 saturated heterocycles. The van der Waals surface area contributed by atoms with Gasteiger partial charge in [-0.15, -0.1) is 0 Å². The predicted octanol–water partition coefficient (Wildman–Crippen LogP) is 2.87. The summed E-state index contributed by atoms with van der Waals surface area (Å²) in [6.07, 6.45) is -3.07. The highest BCUT2D eigenvalue weighted by molar-refractivity contribution is 5.94. The van der Waals surface area contributed by atoms with Crippen molar-refractivity contribution < 1.29 is 18.0 Å². The fourth-order valence-electron chi connectivity index (χ4n) is 2.68. The van der Waals surface area contributed by atoms with Crippen molar-refractivity contribution in [2.75, 3.05) is 27.2 Å². The number of amides is 1. The number of nitrogens with zero attached hydrogens (tertiary/aromatic N) is 1. The lowest BCUT2D eigenvalue weighted by atomic mass is 9.86. The van der Waals surface area contributed by atoms with E-state index in [1.165, 1.54) is 31.1 Å². The Morgan fingerprint density at radius 2 is 1.86 bits per heavy atom. The van der Waals surface area contributed by atoms with E-state index >= 15 is 0 Å². The minimum atomic E-state index is -4.44. The molecule has 0 aliphatic carbocycles. The second-order valence-electron chi connectivity index (χ2n) is 5.52. The lowest BCUT2D eigenvalue weighted by molar-refractivity contribution is -0.138. The molecule has 0 spiro atoms. The van der Waals surface area contributed by atoms with Gasteiger partial charge in [0, 0.05) is 19.7 Å². The lowest BCUT2D eigenvalue weighted by Gasteiger charge is -2.26. The molecule has 0 bridgehead atoms. The number of rotatable bonds is 2. The van der Waals surface area contributed by atoms with Crippen molar-refractivity contribution in [1.29, 1.82) is 0 Å². The normalized spacial score (nSPS) is 16.8. The molecule has 1 heterocycles. The minimum absolute atomic E-state index is 0.0741. The topological polar surface area (TPSA) is 32.3 Å². The van der Waals surface area contributed by atoms with Crippen LogP contribution in [-0.2, 0) is 6.18 Å². The van der Waals surface area contributed by atoms with E-state index in [1.807, 2.05) is 0 Å². The highest BCUT2D eigenvalue weighted by Crippen LogP contribution is 2.38. The van der Waals surface area contributed by atoms with Crippen LogP contribution < -0.4 is 5.32 Å². The SMILES string of the molecule is CN(C)C(=O)c1ccc(C2CCNCC2)c(C(F)(F)F)c1. The Balaban J connectivity index is 2.43. The summed E-state index contributed by atoms with van der Waals surface area (Å²) in [4.78, 5) is 13.1. The summed E-state index contributed by atoms with van der Waals surface area (Å²) in [5, 5.41) is 3.15. The Kier molecular flexibility index (Phi) is 4.56. The van der Waals surface area contributed by atoms with Gasteiger partial charge in [-0.25, -0.2) is 0 Å². The van der Waals surface area contributed by atoms with Crippen molar-refractivity contribution in [2.45, 2.75) is 24.9 Å².